The minimum absolute atomic E-state index is 0.247. The molecule has 1 aliphatic heterocycles. The highest BCUT2D eigenvalue weighted by atomic mass is 35.5. The van der Waals surface area contributed by atoms with Crippen LogP contribution in [0.4, 0.5) is 5.69 Å². The molecular weight excluding hydrogens is 320 g/mol. The summed E-state index contributed by atoms with van der Waals surface area (Å²) in [4.78, 5) is 2.00. The minimum Gasteiger partial charge on any atom is -0.378 e. The molecule has 0 spiro atoms. The van der Waals surface area contributed by atoms with E-state index in [1.54, 1.807) is 6.21 Å². The molecule has 0 unspecified atom stereocenters. The van der Waals surface area contributed by atoms with Gasteiger partial charge in [-0.25, -0.2) is 0 Å². The summed E-state index contributed by atoms with van der Waals surface area (Å²) in [5, 5.41) is 8.32. The van der Waals surface area contributed by atoms with E-state index in [0.29, 0.717) is 16.7 Å². The number of halogens is 1. The van der Waals surface area contributed by atoms with Crippen molar-refractivity contribution in [3.8, 4) is 0 Å². The Kier molecular flexibility index (Phi) is 6.42. The number of nitrogens with one attached hydrogen (secondary N) is 2. The number of rotatable bonds is 5. The maximum atomic E-state index is 6.23. The van der Waals surface area contributed by atoms with Crippen molar-refractivity contribution in [2.24, 2.45) is 5.10 Å². The number of nitrogens with zero attached hydrogens (tertiary/aromatic N) is 2. The van der Waals surface area contributed by atoms with E-state index in [4.69, 9.17) is 28.6 Å². The second-order valence-corrected chi connectivity index (χ2v) is 6.13. The molecule has 120 valence electrons. The summed E-state index contributed by atoms with van der Waals surface area (Å²) in [5.74, 6) is 0. The molecular formula is C15H21ClN4OS. The Morgan fingerprint density at radius 1 is 1.55 bits per heavy atom. The zero-order valence-corrected chi connectivity index (χ0v) is 14.4. The molecule has 0 aliphatic carbocycles. The van der Waals surface area contributed by atoms with Gasteiger partial charge in [-0.1, -0.05) is 11.6 Å². The van der Waals surface area contributed by atoms with Crippen molar-refractivity contribution < 1.29 is 4.74 Å². The third-order valence-electron chi connectivity index (χ3n) is 3.38. The van der Waals surface area contributed by atoms with Crippen molar-refractivity contribution in [1.82, 2.24) is 10.7 Å². The van der Waals surface area contributed by atoms with Gasteiger partial charge in [0.25, 0.3) is 0 Å². The number of hydrogen-bond donors (Lipinski definition) is 2. The van der Waals surface area contributed by atoms with E-state index in [-0.39, 0.29) is 6.10 Å². The molecule has 7 heteroatoms. The maximum absolute atomic E-state index is 6.23. The fourth-order valence-corrected chi connectivity index (χ4v) is 2.47. The van der Waals surface area contributed by atoms with E-state index in [1.807, 2.05) is 37.2 Å². The Morgan fingerprint density at radius 3 is 3.00 bits per heavy atom. The normalized spacial score (nSPS) is 17.7. The molecule has 0 radical (unpaired) electrons. The lowest BCUT2D eigenvalue weighted by Gasteiger charge is -2.13. The van der Waals surface area contributed by atoms with Crippen LogP contribution in [0.1, 0.15) is 18.4 Å². The largest absolute Gasteiger partial charge is 0.378 e. The van der Waals surface area contributed by atoms with E-state index in [1.165, 1.54) is 0 Å². The van der Waals surface area contributed by atoms with Gasteiger partial charge >= 0.3 is 0 Å². The van der Waals surface area contributed by atoms with Crippen molar-refractivity contribution in [2.45, 2.75) is 18.9 Å². The third kappa shape index (κ3) is 5.12. The Bertz CT molecular complexity index is 544. The summed E-state index contributed by atoms with van der Waals surface area (Å²) in [7, 11) is 3.94. The van der Waals surface area contributed by atoms with Crippen molar-refractivity contribution in [3.63, 3.8) is 0 Å². The highest BCUT2D eigenvalue weighted by Crippen LogP contribution is 2.21. The number of thiocarbonyl (C=S) groups is 1. The average Bonchev–Trinajstić information content (AvgIpc) is 3.00. The average molecular weight is 341 g/mol. The number of hydrazone groups is 1. The number of benzene rings is 1. The van der Waals surface area contributed by atoms with Gasteiger partial charge in [0, 0.05) is 38.5 Å². The van der Waals surface area contributed by atoms with Crippen LogP contribution in [0.5, 0.6) is 0 Å². The van der Waals surface area contributed by atoms with Crippen LogP contribution in [0.15, 0.2) is 23.3 Å². The fourth-order valence-electron chi connectivity index (χ4n) is 2.11. The summed E-state index contributed by atoms with van der Waals surface area (Å²) in [6.45, 7) is 1.55. The summed E-state index contributed by atoms with van der Waals surface area (Å²) in [6, 6.07) is 5.81. The molecule has 22 heavy (non-hydrogen) atoms. The maximum Gasteiger partial charge on any atom is 0.187 e. The van der Waals surface area contributed by atoms with Crippen LogP contribution < -0.4 is 15.6 Å². The molecule has 1 aromatic rings. The van der Waals surface area contributed by atoms with Crippen LogP contribution in [-0.2, 0) is 4.74 Å². The lowest BCUT2D eigenvalue weighted by Crippen LogP contribution is -2.37. The molecule has 0 saturated carbocycles. The van der Waals surface area contributed by atoms with E-state index < -0.39 is 0 Å². The smallest absolute Gasteiger partial charge is 0.187 e. The number of anilines is 1. The molecule has 1 fully saturated rings. The molecule has 2 N–H and O–H groups in total. The number of hydrogen-bond acceptors (Lipinski definition) is 4. The molecule has 1 aliphatic rings. The predicted molar refractivity (Wildman–Crippen MR) is 96.1 cm³/mol. The Morgan fingerprint density at radius 2 is 2.36 bits per heavy atom. The lowest BCUT2D eigenvalue weighted by molar-refractivity contribution is 0.114. The van der Waals surface area contributed by atoms with Gasteiger partial charge in [-0.2, -0.15) is 5.10 Å². The SMILES string of the molecule is CN(C)c1ccc(/C=N\NC(=S)NC[C@H]2CCCO2)c(Cl)c1. The number of ether oxygens (including phenoxy) is 1. The van der Waals surface area contributed by atoms with Crippen LogP contribution >= 0.6 is 23.8 Å². The summed E-state index contributed by atoms with van der Waals surface area (Å²) < 4.78 is 5.51. The van der Waals surface area contributed by atoms with Gasteiger partial charge in [-0.3, -0.25) is 5.43 Å². The zero-order valence-electron chi connectivity index (χ0n) is 12.8. The van der Waals surface area contributed by atoms with Crippen molar-refractivity contribution in [1.29, 1.82) is 0 Å². The van der Waals surface area contributed by atoms with Gasteiger partial charge < -0.3 is 15.0 Å². The fraction of sp³-hybridized carbons (Fsp3) is 0.467. The van der Waals surface area contributed by atoms with Gasteiger partial charge in [0.05, 0.1) is 17.3 Å². The van der Waals surface area contributed by atoms with Gasteiger partial charge in [-0.15, -0.1) is 0 Å². The molecule has 0 bridgehead atoms. The molecule has 1 aromatic carbocycles. The summed E-state index contributed by atoms with van der Waals surface area (Å²) >= 11 is 11.4. The lowest BCUT2D eigenvalue weighted by atomic mass is 10.2. The standard InChI is InChI=1S/C15H21ClN4OS/c1-20(2)12-6-5-11(14(16)8-12)9-18-19-15(22)17-10-13-4-3-7-21-13/h5-6,8-9,13H,3-4,7,10H2,1-2H3,(H2,17,19,22)/b18-9-/t13-/m1/s1. The van der Waals surface area contributed by atoms with E-state index in [0.717, 1.165) is 30.7 Å². The molecule has 0 amide bonds. The molecule has 0 aromatic heterocycles. The highest BCUT2D eigenvalue weighted by Gasteiger charge is 2.14. The molecule has 5 nitrogen and oxygen atoms in total. The van der Waals surface area contributed by atoms with Crippen molar-refractivity contribution in [3.05, 3.63) is 28.8 Å². The second kappa shape index (κ2) is 8.31. The third-order valence-corrected chi connectivity index (χ3v) is 3.95. The van der Waals surface area contributed by atoms with Crippen molar-refractivity contribution in [2.75, 3.05) is 32.1 Å². The van der Waals surface area contributed by atoms with Crippen LogP contribution in [-0.4, -0.2) is 44.7 Å². The first-order chi connectivity index (χ1) is 10.6. The van der Waals surface area contributed by atoms with Gasteiger partial charge in [0.1, 0.15) is 0 Å². The molecule has 1 heterocycles. The Labute approximate surface area is 141 Å². The van der Waals surface area contributed by atoms with Crippen molar-refractivity contribution >= 4 is 40.8 Å². The first kappa shape index (κ1) is 17.0. The molecule has 2 rings (SSSR count). The first-order valence-corrected chi connectivity index (χ1v) is 8.00. The van der Waals surface area contributed by atoms with Crippen LogP contribution in [0, 0.1) is 0 Å². The Hall–Kier alpha value is -1.37. The Balaban J connectivity index is 1.80. The van der Waals surface area contributed by atoms with E-state index in [2.05, 4.69) is 15.8 Å². The summed E-state index contributed by atoms with van der Waals surface area (Å²) in [6.07, 6.45) is 4.09. The van der Waals surface area contributed by atoms with E-state index in [9.17, 15) is 0 Å². The van der Waals surface area contributed by atoms with Gasteiger partial charge in [0.15, 0.2) is 5.11 Å². The van der Waals surface area contributed by atoms with Crippen LogP contribution in [0.2, 0.25) is 5.02 Å². The van der Waals surface area contributed by atoms with Crippen LogP contribution in [0.3, 0.4) is 0 Å². The minimum atomic E-state index is 0.247. The predicted octanol–water partition coefficient (Wildman–Crippen LogP) is 2.38. The zero-order chi connectivity index (χ0) is 15.9. The molecule has 1 saturated heterocycles. The topological polar surface area (TPSA) is 48.9 Å². The highest BCUT2D eigenvalue weighted by molar-refractivity contribution is 7.80. The van der Waals surface area contributed by atoms with Crippen LogP contribution in [0.25, 0.3) is 0 Å². The van der Waals surface area contributed by atoms with Gasteiger partial charge in [0.2, 0.25) is 0 Å². The van der Waals surface area contributed by atoms with Gasteiger partial charge in [-0.05, 0) is 43.3 Å². The van der Waals surface area contributed by atoms with E-state index >= 15 is 0 Å². The molecule has 1 atom stereocenters. The quantitative estimate of drug-likeness (QED) is 0.489. The second-order valence-electron chi connectivity index (χ2n) is 5.32. The summed E-state index contributed by atoms with van der Waals surface area (Å²) in [5.41, 5.74) is 4.66. The monoisotopic (exact) mass is 340 g/mol. The first-order valence-electron chi connectivity index (χ1n) is 7.21.